The number of aliphatic hydroxyl groups excluding tert-OH is 2. The molecule has 3 fully saturated rings. The fourth-order valence-corrected chi connectivity index (χ4v) is 9.77. The Morgan fingerprint density at radius 1 is 0.968 bits per heavy atom. The van der Waals surface area contributed by atoms with Crippen LogP contribution in [0.25, 0.3) is 17.2 Å². The van der Waals surface area contributed by atoms with Gasteiger partial charge in [0.15, 0.2) is 12.1 Å². The maximum absolute atomic E-state index is 14.3. The number of piperidine rings is 1. The fraction of sp³-hybridized carbons (Fsp3) is 0.660. The number of likely N-dealkylation sites (N-methyl/N-ethyl adjacent to an activating group) is 1. The molecule has 63 heavy (non-hydrogen) atoms. The largest absolute Gasteiger partial charge is 0.459 e. The highest BCUT2D eigenvalue weighted by molar-refractivity contribution is 6.00. The number of ketones is 1. The third kappa shape index (κ3) is 12.2. The number of methoxy groups -OCH3 is 1. The molecule has 0 saturated carbocycles. The van der Waals surface area contributed by atoms with Crippen LogP contribution in [-0.2, 0) is 33.4 Å². The molecule has 2 aromatic rings. The molecule has 13 nitrogen and oxygen atoms in total. The summed E-state index contributed by atoms with van der Waals surface area (Å²) in [5.74, 6) is -4.68. The SMILES string of the molecule is CC[C@@H]1OC(=O)[C@H](C)C(=O)[C@H](C)[C@@H](O[C@@H]2O[C@H](C)C[C@H](N(C)C)[C@H]2O)[C@@](C)(OC)C[C@@H](C)/C(=N\OC2CCCN(C/C=C/c3ccc(-c4ccccc4)cc3)C2)[C@@H](C)[C@@H](O)[C@]1(C)O. The van der Waals surface area contributed by atoms with Gasteiger partial charge in [-0.25, -0.2) is 0 Å². The first-order chi connectivity index (χ1) is 29.8. The number of esters is 1. The Bertz CT molecular complexity index is 1840. The second-order valence-corrected chi connectivity index (χ2v) is 19.0. The first kappa shape index (κ1) is 50.5. The smallest absolute Gasteiger partial charge is 0.316 e. The molecular formula is C50H75N3O10. The maximum atomic E-state index is 14.3. The van der Waals surface area contributed by atoms with Crippen molar-refractivity contribution in [2.24, 2.45) is 28.8 Å². The lowest BCUT2D eigenvalue weighted by atomic mass is 9.74. The minimum absolute atomic E-state index is 0.179. The van der Waals surface area contributed by atoms with Crippen molar-refractivity contribution < 1.29 is 48.7 Å². The Morgan fingerprint density at radius 2 is 1.63 bits per heavy atom. The van der Waals surface area contributed by atoms with Gasteiger partial charge in [-0.1, -0.05) is 99.6 Å². The van der Waals surface area contributed by atoms with Crippen molar-refractivity contribution >= 4 is 23.5 Å². The number of cyclic esters (lactones) is 1. The number of nitrogens with zero attached hydrogens (tertiary/aromatic N) is 3. The predicted molar refractivity (Wildman–Crippen MR) is 245 cm³/mol. The van der Waals surface area contributed by atoms with Gasteiger partial charge in [-0.2, -0.15) is 0 Å². The van der Waals surface area contributed by atoms with Crippen molar-refractivity contribution in [1.29, 1.82) is 0 Å². The van der Waals surface area contributed by atoms with Gasteiger partial charge in [-0.3, -0.25) is 14.5 Å². The monoisotopic (exact) mass is 878 g/mol. The third-order valence-corrected chi connectivity index (χ3v) is 13.8. The van der Waals surface area contributed by atoms with Crippen LogP contribution in [0.5, 0.6) is 0 Å². The number of Topliss-reactive ketones (excluding diaryl/α,β-unsaturated/α-hetero) is 1. The number of oxime groups is 1. The minimum atomic E-state index is -1.91. The standard InChI is InChI=1S/C50H75N3O10/c1-12-41-50(8,58)45(56)33(4)42(51-63-39-21-17-27-53(30-39)26-16-18-36-22-24-38(25-23-36)37-19-14-13-15-20-37)31(2)29-49(7,59-11)46(34(5)43(54)35(6)47(57)61-41)62-48-44(55)40(52(9)10)28-32(3)60-48/h13-16,18-20,22-25,31-35,39-41,44-46,48,55-56,58H,12,17,21,26-30H2,1-11H3/b18-16+,51-42+/t31-,32-,33-,34+,35-,39?,40+,41+,44-,45-,46-,48+,49+,50-/m1/s1. The average molecular weight is 878 g/mol. The van der Waals surface area contributed by atoms with Crippen molar-refractivity contribution in [3.8, 4) is 11.1 Å². The Hall–Kier alpha value is -3.53. The van der Waals surface area contributed by atoms with Gasteiger partial charge in [-0.05, 0) is 97.1 Å². The van der Waals surface area contributed by atoms with Gasteiger partial charge in [0.05, 0.1) is 29.6 Å². The minimum Gasteiger partial charge on any atom is -0.459 e. The Balaban J connectivity index is 1.42. The highest BCUT2D eigenvalue weighted by Gasteiger charge is 2.51. The highest BCUT2D eigenvalue weighted by atomic mass is 16.7. The van der Waals surface area contributed by atoms with Crippen LogP contribution in [0.3, 0.4) is 0 Å². The van der Waals surface area contributed by atoms with Crippen LogP contribution in [0.2, 0.25) is 0 Å². The molecule has 3 aliphatic rings. The summed E-state index contributed by atoms with van der Waals surface area (Å²) < 4.78 is 25.1. The van der Waals surface area contributed by atoms with Crippen LogP contribution in [0.4, 0.5) is 0 Å². The number of rotatable bonds is 11. The van der Waals surface area contributed by atoms with Gasteiger partial charge < -0.3 is 44.0 Å². The van der Waals surface area contributed by atoms with Crippen molar-refractivity contribution in [3.05, 3.63) is 66.2 Å². The summed E-state index contributed by atoms with van der Waals surface area (Å²) in [5.41, 5.74) is 0.811. The lowest BCUT2D eigenvalue weighted by molar-refractivity contribution is -0.295. The maximum Gasteiger partial charge on any atom is 0.316 e. The van der Waals surface area contributed by atoms with E-state index < -0.39 is 77.3 Å². The summed E-state index contributed by atoms with van der Waals surface area (Å²) in [6.45, 7) is 16.1. The Kier molecular flexibility index (Phi) is 17.7. The van der Waals surface area contributed by atoms with E-state index in [1.807, 2.05) is 58.0 Å². The fourth-order valence-electron chi connectivity index (χ4n) is 9.77. The Morgan fingerprint density at radius 3 is 2.27 bits per heavy atom. The van der Waals surface area contributed by atoms with Crippen molar-refractivity contribution in [1.82, 2.24) is 9.80 Å². The lowest BCUT2D eigenvalue weighted by Gasteiger charge is -2.47. The zero-order chi connectivity index (χ0) is 46.2. The van der Waals surface area contributed by atoms with Crippen LogP contribution < -0.4 is 0 Å². The molecule has 3 N–H and O–H groups in total. The van der Waals surface area contributed by atoms with Crippen LogP contribution >= 0.6 is 0 Å². The molecule has 0 aromatic heterocycles. The molecule has 3 heterocycles. The van der Waals surface area contributed by atoms with E-state index in [1.54, 1.807) is 20.8 Å². The molecule has 3 aliphatic heterocycles. The zero-order valence-electron chi connectivity index (χ0n) is 39.5. The number of likely N-dealkylation sites (tertiary alicyclic amines) is 1. The average Bonchev–Trinajstić information content (AvgIpc) is 3.27. The topological polar surface area (TPSA) is 160 Å². The zero-order valence-corrected chi connectivity index (χ0v) is 39.5. The van der Waals surface area contributed by atoms with Gasteiger partial charge >= 0.3 is 5.97 Å². The van der Waals surface area contributed by atoms with Gasteiger partial charge in [0.1, 0.15) is 29.8 Å². The molecule has 0 amide bonds. The summed E-state index contributed by atoms with van der Waals surface area (Å²) in [7, 11) is 5.32. The second-order valence-electron chi connectivity index (χ2n) is 19.0. The summed E-state index contributed by atoms with van der Waals surface area (Å²) in [6, 6.07) is 18.6. The lowest BCUT2D eigenvalue weighted by Crippen LogP contribution is -2.60. The molecule has 2 aromatic carbocycles. The second kappa shape index (κ2) is 22.1. The number of carbonyl (C=O) groups excluding carboxylic acids is 2. The molecule has 0 spiro atoms. The van der Waals surface area contributed by atoms with E-state index in [9.17, 15) is 24.9 Å². The summed E-state index contributed by atoms with van der Waals surface area (Å²) in [5, 5.41) is 40.3. The van der Waals surface area contributed by atoms with E-state index in [4.69, 9.17) is 28.9 Å². The summed E-state index contributed by atoms with van der Waals surface area (Å²) >= 11 is 0. The first-order valence-corrected chi connectivity index (χ1v) is 22.9. The van der Waals surface area contributed by atoms with E-state index in [-0.39, 0.29) is 31.1 Å². The quantitative estimate of drug-likeness (QED) is 0.130. The molecule has 3 saturated heterocycles. The molecule has 14 atom stereocenters. The normalized spacial score (nSPS) is 37.5. The van der Waals surface area contributed by atoms with Crippen LogP contribution in [0.1, 0.15) is 93.1 Å². The summed E-state index contributed by atoms with van der Waals surface area (Å²) in [6.07, 6.45) is 0.748. The van der Waals surface area contributed by atoms with Gasteiger partial charge in [0.2, 0.25) is 0 Å². The predicted octanol–water partition coefficient (Wildman–Crippen LogP) is 6.37. The third-order valence-electron chi connectivity index (χ3n) is 13.8. The molecule has 0 aliphatic carbocycles. The van der Waals surface area contributed by atoms with Crippen molar-refractivity contribution in [2.45, 2.75) is 148 Å². The van der Waals surface area contributed by atoms with Crippen molar-refractivity contribution in [2.75, 3.05) is 40.8 Å². The van der Waals surface area contributed by atoms with Crippen LogP contribution in [0.15, 0.2) is 65.8 Å². The molecule has 0 radical (unpaired) electrons. The number of hydrogen-bond donors (Lipinski definition) is 3. The van der Waals surface area contributed by atoms with E-state index in [1.165, 1.54) is 32.1 Å². The number of carbonyl (C=O) groups is 2. The highest BCUT2D eigenvalue weighted by Crippen LogP contribution is 2.39. The molecule has 350 valence electrons. The molecular weight excluding hydrogens is 803 g/mol. The number of benzene rings is 2. The number of aliphatic hydroxyl groups is 3. The Labute approximate surface area is 375 Å². The number of hydrogen-bond acceptors (Lipinski definition) is 13. The van der Waals surface area contributed by atoms with E-state index in [0.717, 1.165) is 31.5 Å². The summed E-state index contributed by atoms with van der Waals surface area (Å²) in [4.78, 5) is 38.7. The molecule has 0 bridgehead atoms. The van der Waals surface area contributed by atoms with E-state index in [0.29, 0.717) is 18.7 Å². The molecule has 1 unspecified atom stereocenters. The van der Waals surface area contributed by atoms with E-state index >= 15 is 0 Å². The van der Waals surface area contributed by atoms with Gasteiger partial charge in [0.25, 0.3) is 0 Å². The molecule has 5 rings (SSSR count). The van der Waals surface area contributed by atoms with Gasteiger partial charge in [-0.15, -0.1) is 0 Å². The first-order valence-electron chi connectivity index (χ1n) is 22.9. The van der Waals surface area contributed by atoms with E-state index in [2.05, 4.69) is 53.5 Å². The van der Waals surface area contributed by atoms with Crippen LogP contribution in [-0.4, -0.2) is 144 Å². The number of ether oxygens (including phenoxy) is 4. The molecule has 13 heteroatoms. The van der Waals surface area contributed by atoms with Crippen molar-refractivity contribution in [3.63, 3.8) is 0 Å². The van der Waals surface area contributed by atoms with Gasteiger partial charge in [0, 0.05) is 44.0 Å². The van der Waals surface area contributed by atoms with Crippen LogP contribution in [0, 0.1) is 23.7 Å².